The van der Waals surface area contributed by atoms with Gasteiger partial charge in [-0.2, -0.15) is 18.3 Å². The molecular formula is C18H20F3N3O. The van der Waals surface area contributed by atoms with Crippen molar-refractivity contribution in [2.75, 3.05) is 0 Å². The zero-order valence-corrected chi connectivity index (χ0v) is 13.7. The fourth-order valence-electron chi connectivity index (χ4n) is 3.61. The van der Waals surface area contributed by atoms with E-state index in [1.165, 1.54) is 12.4 Å². The van der Waals surface area contributed by atoms with Gasteiger partial charge in [-0.3, -0.25) is 9.48 Å². The molecule has 0 bridgehead atoms. The number of hydrogen-bond acceptors (Lipinski definition) is 2. The van der Waals surface area contributed by atoms with E-state index in [2.05, 4.69) is 5.10 Å². The lowest BCUT2D eigenvalue weighted by Crippen LogP contribution is -2.42. The molecule has 1 aromatic carbocycles. The molecule has 1 aromatic heterocycles. The van der Waals surface area contributed by atoms with Crippen molar-refractivity contribution in [2.24, 2.45) is 5.73 Å². The van der Waals surface area contributed by atoms with Crippen LogP contribution in [0.5, 0.6) is 0 Å². The standard InChI is InChI=1S/C18H20F3N3O/c19-18(20,21)12-24-11-14(10-23-24)13-5-4-6-15(9-13)17(16(22)25)7-2-1-3-8-17/h4-6,9-11H,1-3,7-8,12H2,(H2,22,25). The van der Waals surface area contributed by atoms with Gasteiger partial charge in [-0.15, -0.1) is 0 Å². The van der Waals surface area contributed by atoms with Crippen LogP contribution in [0, 0.1) is 0 Å². The number of carbonyl (C=O) groups is 1. The highest BCUT2D eigenvalue weighted by Crippen LogP contribution is 2.40. The van der Waals surface area contributed by atoms with Gasteiger partial charge in [-0.25, -0.2) is 0 Å². The number of nitrogens with two attached hydrogens (primary N) is 1. The van der Waals surface area contributed by atoms with Crippen LogP contribution in [-0.2, 0) is 16.8 Å². The van der Waals surface area contributed by atoms with Crippen molar-refractivity contribution in [2.45, 2.75) is 50.2 Å². The molecule has 1 saturated carbocycles. The molecule has 0 spiro atoms. The quantitative estimate of drug-likeness (QED) is 0.911. The Morgan fingerprint density at radius 1 is 1.20 bits per heavy atom. The zero-order valence-electron chi connectivity index (χ0n) is 13.7. The lowest BCUT2D eigenvalue weighted by molar-refractivity contribution is -0.142. The van der Waals surface area contributed by atoms with Gasteiger partial charge in [0.1, 0.15) is 6.54 Å². The van der Waals surface area contributed by atoms with E-state index in [1.807, 2.05) is 18.2 Å². The lowest BCUT2D eigenvalue weighted by Gasteiger charge is -2.35. The first-order valence-corrected chi connectivity index (χ1v) is 8.30. The number of aromatic nitrogens is 2. The predicted molar refractivity (Wildman–Crippen MR) is 87.7 cm³/mol. The van der Waals surface area contributed by atoms with Crippen molar-refractivity contribution in [3.05, 3.63) is 42.2 Å². The molecule has 1 aliphatic rings. The number of amides is 1. The van der Waals surface area contributed by atoms with Crippen LogP contribution >= 0.6 is 0 Å². The average molecular weight is 351 g/mol. The van der Waals surface area contributed by atoms with Crippen LogP contribution in [0.3, 0.4) is 0 Å². The van der Waals surface area contributed by atoms with Gasteiger partial charge in [0.05, 0.1) is 11.6 Å². The van der Waals surface area contributed by atoms with Crippen LogP contribution in [0.25, 0.3) is 11.1 Å². The number of benzene rings is 1. The van der Waals surface area contributed by atoms with Gasteiger partial charge in [0.2, 0.25) is 5.91 Å². The second-order valence-electron chi connectivity index (χ2n) is 6.63. The summed E-state index contributed by atoms with van der Waals surface area (Å²) in [5.74, 6) is -0.336. The van der Waals surface area contributed by atoms with Crippen molar-refractivity contribution in [1.29, 1.82) is 0 Å². The number of alkyl halides is 3. The number of carbonyl (C=O) groups excluding carboxylic acids is 1. The zero-order chi connectivity index (χ0) is 18.1. The van der Waals surface area contributed by atoms with E-state index in [0.29, 0.717) is 18.4 Å². The highest BCUT2D eigenvalue weighted by atomic mass is 19.4. The average Bonchev–Trinajstić information content (AvgIpc) is 3.02. The molecule has 1 fully saturated rings. The molecule has 0 unspecified atom stereocenters. The van der Waals surface area contributed by atoms with E-state index in [-0.39, 0.29) is 5.91 Å². The van der Waals surface area contributed by atoms with Gasteiger partial charge < -0.3 is 5.73 Å². The Labute approximate surface area is 143 Å². The largest absolute Gasteiger partial charge is 0.408 e. The summed E-state index contributed by atoms with van der Waals surface area (Å²) < 4.78 is 38.3. The number of nitrogens with zero attached hydrogens (tertiary/aromatic N) is 2. The summed E-state index contributed by atoms with van der Waals surface area (Å²) in [6, 6.07) is 7.34. The number of primary amides is 1. The van der Waals surface area contributed by atoms with Gasteiger partial charge in [-0.05, 0) is 30.0 Å². The minimum atomic E-state index is -4.32. The Morgan fingerprint density at radius 2 is 1.92 bits per heavy atom. The van der Waals surface area contributed by atoms with E-state index in [9.17, 15) is 18.0 Å². The van der Waals surface area contributed by atoms with Crippen LogP contribution in [0.15, 0.2) is 36.7 Å². The molecule has 25 heavy (non-hydrogen) atoms. The predicted octanol–water partition coefficient (Wildman–Crippen LogP) is 3.80. The Morgan fingerprint density at radius 3 is 2.56 bits per heavy atom. The maximum atomic E-state index is 12.5. The summed E-state index contributed by atoms with van der Waals surface area (Å²) in [4.78, 5) is 12.2. The Hall–Kier alpha value is -2.31. The van der Waals surface area contributed by atoms with Crippen molar-refractivity contribution in [3.63, 3.8) is 0 Å². The fourth-order valence-corrected chi connectivity index (χ4v) is 3.61. The van der Waals surface area contributed by atoms with Crippen molar-refractivity contribution >= 4 is 5.91 Å². The van der Waals surface area contributed by atoms with Crippen LogP contribution < -0.4 is 5.73 Å². The van der Waals surface area contributed by atoms with Crippen LogP contribution in [0.1, 0.15) is 37.7 Å². The molecule has 1 amide bonds. The first-order chi connectivity index (χ1) is 11.8. The topological polar surface area (TPSA) is 60.9 Å². The summed E-state index contributed by atoms with van der Waals surface area (Å²) in [6.07, 6.45) is 2.83. The van der Waals surface area contributed by atoms with Gasteiger partial charge in [-0.1, -0.05) is 37.5 Å². The summed E-state index contributed by atoms with van der Waals surface area (Å²) >= 11 is 0. The molecule has 1 heterocycles. The number of halogens is 3. The third kappa shape index (κ3) is 3.70. The molecule has 3 rings (SSSR count). The van der Waals surface area contributed by atoms with E-state index in [1.54, 1.807) is 6.07 Å². The van der Waals surface area contributed by atoms with Gasteiger partial charge >= 0.3 is 6.18 Å². The minimum absolute atomic E-state index is 0.336. The molecule has 1 aliphatic carbocycles. The number of hydrogen-bond donors (Lipinski definition) is 1. The third-order valence-electron chi connectivity index (χ3n) is 4.90. The molecular weight excluding hydrogens is 331 g/mol. The van der Waals surface area contributed by atoms with Crippen LogP contribution in [-0.4, -0.2) is 21.9 Å². The molecule has 7 heteroatoms. The first-order valence-electron chi connectivity index (χ1n) is 8.30. The molecule has 134 valence electrons. The second kappa shape index (κ2) is 6.54. The molecule has 2 N–H and O–H groups in total. The molecule has 0 radical (unpaired) electrons. The summed E-state index contributed by atoms with van der Waals surface area (Å²) in [7, 11) is 0. The van der Waals surface area contributed by atoms with Crippen LogP contribution in [0.4, 0.5) is 13.2 Å². The fraction of sp³-hybridized carbons (Fsp3) is 0.444. The smallest absolute Gasteiger partial charge is 0.369 e. The summed E-state index contributed by atoms with van der Waals surface area (Å²) in [5, 5.41) is 3.78. The first kappa shape index (κ1) is 17.5. The van der Waals surface area contributed by atoms with E-state index in [0.717, 1.165) is 35.1 Å². The normalized spacial score (nSPS) is 17.4. The van der Waals surface area contributed by atoms with E-state index < -0.39 is 18.1 Å². The van der Waals surface area contributed by atoms with Gasteiger partial charge in [0.25, 0.3) is 0 Å². The highest BCUT2D eigenvalue weighted by Gasteiger charge is 2.39. The Bertz CT molecular complexity index is 761. The Balaban J connectivity index is 1.92. The lowest BCUT2D eigenvalue weighted by atomic mass is 9.68. The van der Waals surface area contributed by atoms with Gasteiger partial charge in [0, 0.05) is 11.8 Å². The Kier molecular flexibility index (Phi) is 4.58. The maximum Gasteiger partial charge on any atom is 0.408 e. The molecule has 0 aliphatic heterocycles. The highest BCUT2D eigenvalue weighted by molar-refractivity contribution is 5.87. The second-order valence-corrected chi connectivity index (χ2v) is 6.63. The van der Waals surface area contributed by atoms with Crippen LogP contribution in [0.2, 0.25) is 0 Å². The SMILES string of the molecule is NC(=O)C1(c2cccc(-c3cnn(CC(F)(F)F)c3)c2)CCCCC1. The minimum Gasteiger partial charge on any atom is -0.369 e. The van der Waals surface area contributed by atoms with Crippen molar-refractivity contribution in [1.82, 2.24) is 9.78 Å². The van der Waals surface area contributed by atoms with E-state index in [4.69, 9.17) is 5.73 Å². The third-order valence-corrected chi connectivity index (χ3v) is 4.90. The van der Waals surface area contributed by atoms with Crippen molar-refractivity contribution in [3.8, 4) is 11.1 Å². The van der Waals surface area contributed by atoms with Crippen molar-refractivity contribution < 1.29 is 18.0 Å². The summed E-state index contributed by atoms with van der Waals surface area (Å²) in [5.41, 5.74) is 7.18. The molecule has 0 atom stereocenters. The monoisotopic (exact) mass is 351 g/mol. The maximum absolute atomic E-state index is 12.5. The molecule has 2 aromatic rings. The van der Waals surface area contributed by atoms with Gasteiger partial charge in [0.15, 0.2) is 0 Å². The summed E-state index contributed by atoms with van der Waals surface area (Å²) in [6.45, 7) is -1.13. The molecule has 0 saturated heterocycles. The van der Waals surface area contributed by atoms with E-state index >= 15 is 0 Å². The molecule has 4 nitrogen and oxygen atoms in total. The number of rotatable bonds is 4.